The highest BCUT2D eigenvalue weighted by molar-refractivity contribution is 5.90. The van der Waals surface area contributed by atoms with Gasteiger partial charge in [0.25, 0.3) is 5.69 Å². The molecular formula is C14H12N2O4. The minimum atomic E-state index is -0.612. The van der Waals surface area contributed by atoms with Crippen LogP contribution < -0.4 is 0 Å². The van der Waals surface area contributed by atoms with E-state index in [-0.39, 0.29) is 17.9 Å². The Hall–Kier alpha value is -2.76. The van der Waals surface area contributed by atoms with E-state index >= 15 is 0 Å². The molecule has 20 heavy (non-hydrogen) atoms. The summed E-state index contributed by atoms with van der Waals surface area (Å²) in [4.78, 5) is 26.1. The summed E-state index contributed by atoms with van der Waals surface area (Å²) in [6.45, 7) is 1.64. The highest BCUT2D eigenvalue weighted by Crippen LogP contribution is 2.19. The van der Waals surface area contributed by atoms with Gasteiger partial charge in [0.05, 0.1) is 16.2 Å². The van der Waals surface area contributed by atoms with Crippen molar-refractivity contribution in [3.8, 4) is 0 Å². The summed E-state index contributed by atoms with van der Waals surface area (Å²) in [6.07, 6.45) is 1.60. The van der Waals surface area contributed by atoms with Crippen molar-refractivity contribution >= 4 is 11.7 Å². The number of carbonyl (C=O) groups excluding carboxylic acids is 1. The van der Waals surface area contributed by atoms with Crippen LogP contribution in [-0.2, 0) is 11.3 Å². The van der Waals surface area contributed by atoms with Gasteiger partial charge in [0.15, 0.2) is 0 Å². The zero-order chi connectivity index (χ0) is 14.5. The predicted octanol–water partition coefficient (Wildman–Crippen LogP) is 2.66. The number of rotatable bonds is 4. The first-order valence-corrected chi connectivity index (χ1v) is 5.90. The van der Waals surface area contributed by atoms with Gasteiger partial charge in [-0.25, -0.2) is 4.79 Å². The van der Waals surface area contributed by atoms with Crippen molar-refractivity contribution in [2.45, 2.75) is 13.5 Å². The van der Waals surface area contributed by atoms with Crippen LogP contribution in [0.4, 0.5) is 5.69 Å². The molecule has 6 heteroatoms. The monoisotopic (exact) mass is 272 g/mol. The largest absolute Gasteiger partial charge is 0.456 e. The van der Waals surface area contributed by atoms with Gasteiger partial charge in [0.2, 0.25) is 0 Å². The lowest BCUT2D eigenvalue weighted by atomic mass is 10.1. The molecule has 0 spiro atoms. The van der Waals surface area contributed by atoms with E-state index in [1.54, 1.807) is 31.3 Å². The van der Waals surface area contributed by atoms with Crippen LogP contribution in [0.1, 0.15) is 21.6 Å². The predicted molar refractivity (Wildman–Crippen MR) is 71.2 cm³/mol. The minimum Gasteiger partial charge on any atom is -0.456 e. The maximum Gasteiger partial charge on any atom is 0.338 e. The number of carbonyl (C=O) groups is 1. The van der Waals surface area contributed by atoms with Crippen LogP contribution in [0.25, 0.3) is 0 Å². The number of aromatic nitrogens is 1. The van der Waals surface area contributed by atoms with Crippen molar-refractivity contribution in [2.24, 2.45) is 0 Å². The number of ether oxygens (including phenoxy) is 1. The topological polar surface area (TPSA) is 82.3 Å². The third kappa shape index (κ3) is 3.17. The highest BCUT2D eigenvalue weighted by Gasteiger charge is 2.15. The number of hydrogen-bond donors (Lipinski definition) is 0. The molecule has 6 nitrogen and oxygen atoms in total. The summed E-state index contributed by atoms with van der Waals surface area (Å²) in [5.74, 6) is -0.612. The van der Waals surface area contributed by atoms with Crippen molar-refractivity contribution in [2.75, 3.05) is 0 Å². The van der Waals surface area contributed by atoms with Crippen LogP contribution in [0.2, 0.25) is 0 Å². The highest BCUT2D eigenvalue weighted by atomic mass is 16.6. The normalized spacial score (nSPS) is 10.1. The van der Waals surface area contributed by atoms with Crippen LogP contribution >= 0.6 is 0 Å². The molecule has 0 aliphatic heterocycles. The Kier molecular flexibility index (Phi) is 4.05. The van der Waals surface area contributed by atoms with E-state index in [0.717, 1.165) is 0 Å². The second-order valence-electron chi connectivity index (χ2n) is 4.16. The maximum atomic E-state index is 11.8. The average Bonchev–Trinajstić information content (AvgIpc) is 2.46. The number of esters is 1. The molecule has 1 aromatic heterocycles. The standard InChI is InChI=1S/C14H12N2O4/c1-10-5-6-11(8-13(10)16(18)19)14(17)20-9-12-4-2-3-7-15-12/h2-8H,9H2,1H3. The van der Waals surface area contributed by atoms with Gasteiger partial charge in [-0.1, -0.05) is 12.1 Å². The summed E-state index contributed by atoms with van der Waals surface area (Å²) in [6, 6.07) is 9.51. The molecule has 0 N–H and O–H groups in total. The third-order valence-corrected chi connectivity index (χ3v) is 2.72. The second kappa shape index (κ2) is 5.92. The number of nitro groups is 1. The third-order valence-electron chi connectivity index (χ3n) is 2.72. The van der Waals surface area contributed by atoms with Crippen LogP contribution in [0.3, 0.4) is 0 Å². The molecule has 1 aromatic carbocycles. The lowest BCUT2D eigenvalue weighted by Crippen LogP contribution is -2.07. The van der Waals surface area contributed by atoms with E-state index in [0.29, 0.717) is 11.3 Å². The van der Waals surface area contributed by atoms with E-state index in [4.69, 9.17) is 4.74 Å². The van der Waals surface area contributed by atoms with Gasteiger partial charge >= 0.3 is 5.97 Å². The van der Waals surface area contributed by atoms with Gasteiger partial charge in [0.1, 0.15) is 6.61 Å². The fourth-order valence-corrected chi connectivity index (χ4v) is 1.64. The number of hydrogen-bond acceptors (Lipinski definition) is 5. The Morgan fingerprint density at radius 1 is 1.35 bits per heavy atom. The van der Waals surface area contributed by atoms with Crippen LogP contribution in [0.5, 0.6) is 0 Å². The fourth-order valence-electron chi connectivity index (χ4n) is 1.64. The second-order valence-corrected chi connectivity index (χ2v) is 4.16. The fraction of sp³-hybridized carbons (Fsp3) is 0.143. The molecule has 102 valence electrons. The molecule has 0 bridgehead atoms. The first kappa shape index (κ1) is 13.7. The molecule has 1 heterocycles. The van der Waals surface area contributed by atoms with Gasteiger partial charge in [0, 0.05) is 17.8 Å². The van der Waals surface area contributed by atoms with Gasteiger partial charge in [-0.3, -0.25) is 15.1 Å². The first-order valence-electron chi connectivity index (χ1n) is 5.90. The SMILES string of the molecule is Cc1ccc(C(=O)OCc2ccccn2)cc1[N+](=O)[O-]. The smallest absolute Gasteiger partial charge is 0.338 e. The van der Waals surface area contributed by atoms with Gasteiger partial charge in [-0.2, -0.15) is 0 Å². The molecule has 0 aliphatic rings. The lowest BCUT2D eigenvalue weighted by molar-refractivity contribution is -0.385. The van der Waals surface area contributed by atoms with E-state index in [1.165, 1.54) is 18.2 Å². The minimum absolute atomic E-state index is 0.0291. The van der Waals surface area contributed by atoms with E-state index in [1.807, 2.05) is 0 Å². The molecule has 0 radical (unpaired) electrons. The Labute approximate surface area is 115 Å². The summed E-state index contributed by atoms with van der Waals surface area (Å²) >= 11 is 0. The number of nitro benzene ring substituents is 1. The first-order chi connectivity index (χ1) is 9.58. The molecule has 0 fully saturated rings. The van der Waals surface area contributed by atoms with Crippen molar-refractivity contribution in [1.82, 2.24) is 4.98 Å². The summed E-state index contributed by atoms with van der Waals surface area (Å²) < 4.78 is 5.06. The van der Waals surface area contributed by atoms with Crippen molar-refractivity contribution in [1.29, 1.82) is 0 Å². The molecule has 0 aliphatic carbocycles. The number of nitrogens with zero attached hydrogens (tertiary/aromatic N) is 2. The molecular weight excluding hydrogens is 260 g/mol. The van der Waals surface area contributed by atoms with Crippen molar-refractivity contribution < 1.29 is 14.5 Å². The lowest BCUT2D eigenvalue weighted by Gasteiger charge is -2.05. The molecule has 0 unspecified atom stereocenters. The van der Waals surface area contributed by atoms with E-state index < -0.39 is 10.9 Å². The number of pyridine rings is 1. The van der Waals surface area contributed by atoms with Crippen molar-refractivity contribution in [3.05, 3.63) is 69.5 Å². The van der Waals surface area contributed by atoms with E-state index in [2.05, 4.69) is 4.98 Å². The summed E-state index contributed by atoms with van der Waals surface area (Å²) in [7, 11) is 0. The number of benzene rings is 1. The Morgan fingerprint density at radius 2 is 2.15 bits per heavy atom. The Balaban J connectivity index is 2.10. The van der Waals surface area contributed by atoms with Crippen LogP contribution in [0, 0.1) is 17.0 Å². The molecule has 0 saturated heterocycles. The Morgan fingerprint density at radius 3 is 2.80 bits per heavy atom. The van der Waals surface area contributed by atoms with Crippen LogP contribution in [0.15, 0.2) is 42.6 Å². The van der Waals surface area contributed by atoms with Gasteiger partial charge in [-0.15, -0.1) is 0 Å². The average molecular weight is 272 g/mol. The molecule has 0 saturated carbocycles. The maximum absolute atomic E-state index is 11.8. The van der Waals surface area contributed by atoms with Gasteiger partial charge in [-0.05, 0) is 25.1 Å². The zero-order valence-corrected chi connectivity index (χ0v) is 10.8. The molecule has 2 aromatic rings. The van der Waals surface area contributed by atoms with Gasteiger partial charge < -0.3 is 4.74 Å². The van der Waals surface area contributed by atoms with Crippen LogP contribution in [-0.4, -0.2) is 15.9 Å². The molecule has 2 rings (SSSR count). The summed E-state index contributed by atoms with van der Waals surface area (Å²) in [5, 5.41) is 10.8. The Bertz CT molecular complexity index is 641. The molecule has 0 amide bonds. The quantitative estimate of drug-likeness (QED) is 0.485. The zero-order valence-electron chi connectivity index (χ0n) is 10.8. The number of aryl methyl sites for hydroxylation is 1. The van der Waals surface area contributed by atoms with E-state index in [9.17, 15) is 14.9 Å². The summed E-state index contributed by atoms with van der Waals surface area (Å²) in [5.41, 5.74) is 1.16. The molecule has 0 atom stereocenters. The van der Waals surface area contributed by atoms with Crippen molar-refractivity contribution in [3.63, 3.8) is 0 Å².